The number of amides is 3. The molecule has 0 bridgehead atoms. The maximum atomic E-state index is 12.4. The maximum absolute atomic E-state index is 12.4. The fourth-order valence-corrected chi connectivity index (χ4v) is 3.49. The molecule has 34 heavy (non-hydrogen) atoms. The lowest BCUT2D eigenvalue weighted by molar-refractivity contribution is -0.117. The number of hydrazine groups is 1. The van der Waals surface area contributed by atoms with Crippen LogP contribution in [0.15, 0.2) is 97.1 Å². The van der Waals surface area contributed by atoms with Crippen LogP contribution in [0.25, 0.3) is 16.8 Å². The minimum atomic E-state index is -0.469. The Morgan fingerprint density at radius 3 is 2.24 bits per heavy atom. The second-order valence-electron chi connectivity index (χ2n) is 7.75. The average Bonchev–Trinajstić information content (AvgIpc) is 2.86. The topological polar surface area (TPSA) is 87.3 Å². The molecule has 0 saturated heterocycles. The summed E-state index contributed by atoms with van der Waals surface area (Å²) in [5.74, 6) is -1.15. The standard InChI is InChI=1S/C28H23N3O3/c1-19-6-4-10-23(18-19)27(33)29-24-15-12-22(13-16-24)28(34)31-30-26(32)17-14-21-9-5-8-20-7-2-3-11-25(20)21/h2-18H,1H3,(H,29,33)(H,30,32)(H,31,34)/b17-14+. The predicted molar refractivity (Wildman–Crippen MR) is 134 cm³/mol. The van der Waals surface area contributed by atoms with Crippen molar-refractivity contribution in [3.05, 3.63) is 119 Å². The summed E-state index contributed by atoms with van der Waals surface area (Å²) in [6.07, 6.45) is 3.07. The van der Waals surface area contributed by atoms with Gasteiger partial charge >= 0.3 is 0 Å². The first-order chi connectivity index (χ1) is 16.5. The van der Waals surface area contributed by atoms with E-state index in [2.05, 4.69) is 16.2 Å². The highest BCUT2D eigenvalue weighted by Crippen LogP contribution is 2.19. The van der Waals surface area contributed by atoms with Gasteiger partial charge in [-0.1, -0.05) is 60.2 Å². The van der Waals surface area contributed by atoms with Gasteiger partial charge in [0.2, 0.25) is 0 Å². The molecular weight excluding hydrogens is 426 g/mol. The number of rotatable bonds is 5. The third-order valence-corrected chi connectivity index (χ3v) is 5.22. The Hall–Kier alpha value is -4.71. The molecule has 0 atom stereocenters. The van der Waals surface area contributed by atoms with Gasteiger partial charge in [-0.25, -0.2) is 0 Å². The summed E-state index contributed by atoms with van der Waals surface area (Å²) < 4.78 is 0. The van der Waals surface area contributed by atoms with Gasteiger partial charge in [0.25, 0.3) is 17.7 Å². The van der Waals surface area contributed by atoms with Crippen LogP contribution in [0.5, 0.6) is 0 Å². The summed E-state index contributed by atoms with van der Waals surface area (Å²) in [6.45, 7) is 1.92. The normalized spacial score (nSPS) is 10.7. The number of hydrogen-bond donors (Lipinski definition) is 3. The van der Waals surface area contributed by atoms with Crippen molar-refractivity contribution in [2.45, 2.75) is 6.92 Å². The van der Waals surface area contributed by atoms with Crippen LogP contribution >= 0.6 is 0 Å². The average molecular weight is 450 g/mol. The highest BCUT2D eigenvalue weighted by Gasteiger charge is 2.09. The van der Waals surface area contributed by atoms with E-state index >= 15 is 0 Å². The van der Waals surface area contributed by atoms with Crippen LogP contribution in [0.4, 0.5) is 5.69 Å². The van der Waals surface area contributed by atoms with Crippen LogP contribution in [-0.4, -0.2) is 17.7 Å². The lowest BCUT2D eigenvalue weighted by Crippen LogP contribution is -2.40. The molecular formula is C28H23N3O3. The van der Waals surface area contributed by atoms with Crippen LogP contribution < -0.4 is 16.2 Å². The van der Waals surface area contributed by atoms with E-state index in [1.807, 2.05) is 61.5 Å². The van der Waals surface area contributed by atoms with Gasteiger partial charge in [-0.3, -0.25) is 25.2 Å². The first-order valence-electron chi connectivity index (χ1n) is 10.7. The van der Waals surface area contributed by atoms with Gasteiger partial charge < -0.3 is 5.32 Å². The highest BCUT2D eigenvalue weighted by molar-refractivity contribution is 6.05. The Morgan fingerprint density at radius 2 is 1.44 bits per heavy atom. The molecule has 0 aromatic heterocycles. The van der Waals surface area contributed by atoms with Gasteiger partial charge in [0.05, 0.1) is 0 Å². The van der Waals surface area contributed by atoms with Crippen LogP contribution in [0.3, 0.4) is 0 Å². The van der Waals surface area contributed by atoms with Crippen molar-refractivity contribution in [1.29, 1.82) is 0 Å². The highest BCUT2D eigenvalue weighted by atomic mass is 16.2. The zero-order valence-electron chi connectivity index (χ0n) is 18.5. The first kappa shape index (κ1) is 22.5. The fourth-order valence-electron chi connectivity index (χ4n) is 3.49. The molecule has 6 nitrogen and oxygen atoms in total. The molecule has 3 N–H and O–H groups in total. The Balaban J connectivity index is 1.31. The molecule has 6 heteroatoms. The number of fused-ring (bicyclic) bond motifs is 1. The first-order valence-corrected chi connectivity index (χ1v) is 10.7. The molecule has 0 unspecified atom stereocenters. The minimum absolute atomic E-state index is 0.230. The molecule has 168 valence electrons. The SMILES string of the molecule is Cc1cccc(C(=O)Nc2ccc(C(=O)NNC(=O)/C=C/c3cccc4ccccc34)cc2)c1. The number of carbonyl (C=O) groups is 3. The van der Waals surface area contributed by atoms with E-state index in [0.717, 1.165) is 21.9 Å². The third kappa shape index (κ3) is 5.55. The van der Waals surface area contributed by atoms with E-state index in [9.17, 15) is 14.4 Å². The summed E-state index contributed by atoms with van der Waals surface area (Å²) in [7, 11) is 0. The van der Waals surface area contributed by atoms with Gasteiger partial charge in [-0.15, -0.1) is 0 Å². The lowest BCUT2D eigenvalue weighted by atomic mass is 10.0. The summed E-state index contributed by atoms with van der Waals surface area (Å²) in [5, 5.41) is 4.91. The second kappa shape index (κ2) is 10.3. The molecule has 0 aliphatic rings. The number of carbonyl (C=O) groups excluding carboxylic acids is 3. The van der Waals surface area contributed by atoms with E-state index in [-0.39, 0.29) is 5.91 Å². The van der Waals surface area contributed by atoms with Crippen molar-refractivity contribution < 1.29 is 14.4 Å². The van der Waals surface area contributed by atoms with Crippen molar-refractivity contribution in [3.63, 3.8) is 0 Å². The van der Waals surface area contributed by atoms with Crippen molar-refractivity contribution in [1.82, 2.24) is 10.9 Å². The molecule has 4 aromatic carbocycles. The largest absolute Gasteiger partial charge is 0.322 e. The van der Waals surface area contributed by atoms with Gasteiger partial charge in [0, 0.05) is 22.9 Å². The fraction of sp³-hybridized carbons (Fsp3) is 0.0357. The zero-order chi connectivity index (χ0) is 23.9. The molecule has 0 aliphatic carbocycles. The predicted octanol–water partition coefficient (Wildman–Crippen LogP) is 4.87. The summed E-state index contributed by atoms with van der Waals surface area (Å²) in [5.41, 5.74) is 8.12. The Morgan fingerprint density at radius 1 is 0.706 bits per heavy atom. The molecule has 0 saturated carbocycles. The van der Waals surface area contributed by atoms with Crippen LogP contribution in [0.2, 0.25) is 0 Å². The number of nitrogens with one attached hydrogen (secondary N) is 3. The quantitative estimate of drug-likeness (QED) is 0.300. The molecule has 3 amide bonds. The molecule has 4 rings (SSSR count). The number of benzene rings is 4. The molecule has 4 aromatic rings. The number of anilines is 1. The van der Waals surface area contributed by atoms with E-state index in [1.165, 1.54) is 6.08 Å². The van der Waals surface area contributed by atoms with Crippen LogP contribution in [-0.2, 0) is 4.79 Å². The molecule has 0 fully saturated rings. The van der Waals surface area contributed by atoms with Crippen LogP contribution in [0.1, 0.15) is 31.8 Å². The number of aryl methyl sites for hydroxylation is 1. The van der Waals surface area contributed by atoms with Gasteiger partial charge in [-0.05, 0) is 65.7 Å². The lowest BCUT2D eigenvalue weighted by Gasteiger charge is -2.08. The van der Waals surface area contributed by atoms with Gasteiger partial charge in [0.15, 0.2) is 0 Å². The summed E-state index contributed by atoms with van der Waals surface area (Å²) in [4.78, 5) is 36.9. The minimum Gasteiger partial charge on any atom is -0.322 e. The Labute approximate surface area is 197 Å². The summed E-state index contributed by atoms with van der Waals surface area (Å²) in [6, 6.07) is 27.4. The molecule has 0 radical (unpaired) electrons. The van der Waals surface area contributed by atoms with E-state index in [4.69, 9.17) is 0 Å². The third-order valence-electron chi connectivity index (χ3n) is 5.22. The maximum Gasteiger partial charge on any atom is 0.269 e. The van der Waals surface area contributed by atoms with Crippen molar-refractivity contribution >= 4 is 40.3 Å². The zero-order valence-corrected chi connectivity index (χ0v) is 18.5. The van der Waals surface area contributed by atoms with Gasteiger partial charge in [-0.2, -0.15) is 0 Å². The molecule has 0 aliphatic heterocycles. The molecule has 0 spiro atoms. The van der Waals surface area contributed by atoms with Crippen LogP contribution in [0, 0.1) is 6.92 Å². The van der Waals surface area contributed by atoms with E-state index in [1.54, 1.807) is 42.5 Å². The summed E-state index contributed by atoms with van der Waals surface area (Å²) >= 11 is 0. The van der Waals surface area contributed by atoms with Crippen molar-refractivity contribution in [2.24, 2.45) is 0 Å². The van der Waals surface area contributed by atoms with E-state index in [0.29, 0.717) is 16.8 Å². The molecule has 0 heterocycles. The Kier molecular flexibility index (Phi) is 6.79. The smallest absolute Gasteiger partial charge is 0.269 e. The van der Waals surface area contributed by atoms with Crippen molar-refractivity contribution in [3.8, 4) is 0 Å². The van der Waals surface area contributed by atoms with Crippen molar-refractivity contribution in [2.75, 3.05) is 5.32 Å². The number of hydrogen-bond acceptors (Lipinski definition) is 3. The van der Waals surface area contributed by atoms with Gasteiger partial charge in [0.1, 0.15) is 0 Å². The van der Waals surface area contributed by atoms with E-state index < -0.39 is 11.8 Å². The monoisotopic (exact) mass is 449 g/mol. The Bertz CT molecular complexity index is 1390. The second-order valence-corrected chi connectivity index (χ2v) is 7.75.